The Morgan fingerprint density at radius 2 is 1.35 bits per heavy atom. The van der Waals surface area contributed by atoms with Crippen molar-refractivity contribution in [2.24, 2.45) is 0 Å². The molecule has 60 heavy (non-hydrogen) atoms. The van der Waals surface area contributed by atoms with Crippen LogP contribution in [0.15, 0.2) is 115 Å². The van der Waals surface area contributed by atoms with E-state index in [4.69, 9.17) is 0 Å². The molecule has 1 aromatic heterocycles. The fourth-order valence-corrected chi connectivity index (χ4v) is 7.80. The number of nitrogens with one attached hydrogen (secondary N) is 1. The quantitative estimate of drug-likeness (QED) is 0.146. The number of halogens is 3. The third-order valence-electron chi connectivity index (χ3n) is 11.0. The van der Waals surface area contributed by atoms with Crippen LogP contribution in [-0.4, -0.2) is 14.1 Å². The maximum atomic E-state index is 12.6. The van der Waals surface area contributed by atoms with Crippen molar-refractivity contribution in [1.82, 2.24) is 4.98 Å². The van der Waals surface area contributed by atoms with Crippen LogP contribution in [0.5, 0.6) is 0 Å². The summed E-state index contributed by atoms with van der Waals surface area (Å²) >= 11 is 0. The minimum absolute atomic E-state index is 0. The number of hydrogen-bond acceptors (Lipinski definition) is 4. The van der Waals surface area contributed by atoms with Crippen LogP contribution in [0.4, 0.5) is 41.6 Å². The standard InChI is InChI=1S/C38H45N4.C13H7F3N.Pt/c1-25(2)29-20-33(26(3)4)38(34(21-29)27(5)6)30-18-31(39-23-40(8)35-15-11-10-14-28(35)7)22-32(19-30)42-24-41(9)36-16-12-13-17-37(36)42;14-13(15,16)8-5-6-12-10(7-8)9-3-1-2-4-11(9)17-12;/h10-21,23-27,39H,1-9H3;1-7H;/q-3;-1;+4. The van der Waals surface area contributed by atoms with Gasteiger partial charge >= 0.3 is 27.2 Å². The summed E-state index contributed by atoms with van der Waals surface area (Å²) in [6.45, 7) is 20.2. The summed E-state index contributed by atoms with van der Waals surface area (Å²) in [6, 6.07) is 41.0. The molecule has 1 aliphatic heterocycles. The van der Waals surface area contributed by atoms with Crippen molar-refractivity contribution in [3.05, 3.63) is 162 Å². The molecule has 0 saturated heterocycles. The van der Waals surface area contributed by atoms with Crippen molar-refractivity contribution in [3.63, 3.8) is 0 Å². The third kappa shape index (κ3) is 9.24. The normalized spacial score (nSPS) is 12.6. The van der Waals surface area contributed by atoms with Gasteiger partial charge in [0.1, 0.15) is 0 Å². The summed E-state index contributed by atoms with van der Waals surface area (Å²) in [6.07, 6.45) is -4.31. The number of nitrogens with zero attached hydrogens (tertiary/aromatic N) is 4. The molecule has 6 aromatic carbocycles. The van der Waals surface area contributed by atoms with Gasteiger partial charge in [0.2, 0.25) is 0 Å². The summed E-state index contributed by atoms with van der Waals surface area (Å²) in [7, 11) is 4.18. The first-order valence-electron chi connectivity index (χ1n) is 20.2. The summed E-state index contributed by atoms with van der Waals surface area (Å²) in [4.78, 5) is 10.8. The molecule has 1 N–H and O–H groups in total. The summed E-state index contributed by atoms with van der Waals surface area (Å²) < 4.78 is 37.8. The number of aryl methyl sites for hydroxylation is 1. The van der Waals surface area contributed by atoms with Crippen LogP contribution in [0.2, 0.25) is 0 Å². The molecular weight excluding hydrogens is 935 g/mol. The van der Waals surface area contributed by atoms with Crippen LogP contribution < -0.4 is 25.0 Å². The molecule has 0 bridgehead atoms. The van der Waals surface area contributed by atoms with Crippen molar-refractivity contribution >= 4 is 50.2 Å². The fourth-order valence-electron chi connectivity index (χ4n) is 7.80. The largest absolute Gasteiger partial charge is 4.00 e. The first-order valence-corrected chi connectivity index (χ1v) is 20.2. The first-order chi connectivity index (χ1) is 28.1. The van der Waals surface area contributed by atoms with E-state index >= 15 is 0 Å². The number of fused-ring (bicyclic) bond motifs is 4. The van der Waals surface area contributed by atoms with Gasteiger partial charge in [0.15, 0.2) is 0 Å². The number of benzene rings is 6. The maximum absolute atomic E-state index is 12.6. The van der Waals surface area contributed by atoms with E-state index in [1.807, 2.05) is 12.7 Å². The van der Waals surface area contributed by atoms with Crippen molar-refractivity contribution < 1.29 is 34.2 Å². The van der Waals surface area contributed by atoms with Gasteiger partial charge in [-0.2, -0.15) is 26.5 Å². The molecule has 9 heteroatoms. The Morgan fingerprint density at radius 3 is 2.00 bits per heavy atom. The monoisotopic (exact) mass is 986 g/mol. The maximum Gasteiger partial charge on any atom is 4.00 e. The second kappa shape index (κ2) is 18.2. The van der Waals surface area contributed by atoms with Gasteiger partial charge in [-0.25, -0.2) is 0 Å². The topological polar surface area (TPSA) is 35.9 Å². The van der Waals surface area contributed by atoms with Gasteiger partial charge in [-0.05, 0) is 102 Å². The minimum atomic E-state index is -4.31. The van der Waals surface area contributed by atoms with Crippen molar-refractivity contribution in [2.45, 2.75) is 72.4 Å². The van der Waals surface area contributed by atoms with E-state index in [9.17, 15) is 13.2 Å². The molecule has 0 fully saturated rings. The Morgan fingerprint density at radius 1 is 0.733 bits per heavy atom. The van der Waals surface area contributed by atoms with E-state index in [0.717, 1.165) is 40.1 Å². The summed E-state index contributed by atoms with van der Waals surface area (Å²) in [5.74, 6) is 1.26. The SMILES string of the molecule is Cc1ccccc1N(C)[CH-]Nc1[c-]c(N2[CH-]N(C)c3ccccc32)cc(-c2c(C(C)C)cc(C(C)C)cc2C(C)C)c1.FC(F)(F)c1ccc2[n-]c3ccccc3c2c1.[Pt+4]. The molecule has 0 saturated carbocycles. The molecule has 0 aliphatic carbocycles. The molecule has 0 amide bonds. The zero-order valence-corrected chi connectivity index (χ0v) is 37.9. The molecule has 312 valence electrons. The van der Waals surface area contributed by atoms with Crippen LogP contribution in [0, 0.1) is 26.3 Å². The van der Waals surface area contributed by atoms with Crippen molar-refractivity contribution in [1.29, 1.82) is 0 Å². The summed E-state index contributed by atoms with van der Waals surface area (Å²) in [5.41, 5.74) is 14.1. The van der Waals surface area contributed by atoms with E-state index in [1.54, 1.807) is 18.2 Å². The van der Waals surface area contributed by atoms with Gasteiger partial charge in [-0.3, -0.25) is 0 Å². The van der Waals surface area contributed by atoms with E-state index < -0.39 is 11.7 Å². The van der Waals surface area contributed by atoms with Crippen LogP contribution in [0.3, 0.4) is 0 Å². The Labute approximate surface area is 367 Å². The third-order valence-corrected chi connectivity index (χ3v) is 11.0. The van der Waals surface area contributed by atoms with Gasteiger partial charge in [-0.15, -0.1) is 46.2 Å². The predicted molar refractivity (Wildman–Crippen MR) is 242 cm³/mol. The van der Waals surface area contributed by atoms with Crippen LogP contribution in [0.25, 0.3) is 32.9 Å². The molecule has 2 heterocycles. The van der Waals surface area contributed by atoms with Gasteiger partial charge in [0, 0.05) is 17.1 Å². The number of aromatic nitrogens is 1. The van der Waals surface area contributed by atoms with Crippen LogP contribution >= 0.6 is 0 Å². The van der Waals surface area contributed by atoms with Crippen LogP contribution in [0.1, 0.15) is 87.1 Å². The van der Waals surface area contributed by atoms with Crippen LogP contribution in [-0.2, 0) is 27.2 Å². The smallest absolute Gasteiger partial charge is 0.657 e. The van der Waals surface area contributed by atoms with Crippen molar-refractivity contribution in [2.75, 3.05) is 34.1 Å². The molecule has 7 aromatic rings. The van der Waals surface area contributed by atoms with E-state index in [2.05, 4.69) is 173 Å². The van der Waals surface area contributed by atoms with E-state index in [0.29, 0.717) is 28.7 Å². The zero-order valence-electron chi connectivity index (χ0n) is 35.6. The van der Waals surface area contributed by atoms with Crippen molar-refractivity contribution in [3.8, 4) is 11.1 Å². The van der Waals surface area contributed by atoms with Gasteiger partial charge in [0.05, 0.1) is 5.56 Å². The molecule has 1 aliphatic rings. The second-order valence-electron chi connectivity index (χ2n) is 16.3. The van der Waals surface area contributed by atoms with Gasteiger partial charge < -0.3 is 25.0 Å². The number of hydrogen-bond donors (Lipinski definition) is 1. The Balaban J connectivity index is 0.000000278. The zero-order chi connectivity index (χ0) is 42.2. The fraction of sp³-hybridized carbons (Fsp3) is 0.255. The first kappa shape index (κ1) is 44.4. The second-order valence-corrected chi connectivity index (χ2v) is 16.3. The summed E-state index contributed by atoms with van der Waals surface area (Å²) in [5, 5.41) is 4.91. The average molecular weight is 987 g/mol. The molecule has 5 nitrogen and oxygen atoms in total. The number of rotatable bonds is 9. The average Bonchev–Trinajstić information content (AvgIpc) is 3.76. The molecule has 0 radical (unpaired) electrons. The number of anilines is 5. The van der Waals surface area contributed by atoms with E-state index in [-0.39, 0.29) is 21.1 Å². The predicted octanol–water partition coefficient (Wildman–Crippen LogP) is 14.2. The minimum Gasteiger partial charge on any atom is -0.657 e. The molecule has 0 unspecified atom stereocenters. The number of alkyl halides is 3. The Hall–Kier alpha value is -5.20. The molecule has 0 spiro atoms. The van der Waals surface area contributed by atoms with Gasteiger partial charge in [0.25, 0.3) is 0 Å². The Bertz CT molecular complexity index is 2560. The van der Waals surface area contributed by atoms with Gasteiger partial charge in [-0.1, -0.05) is 120 Å². The number of para-hydroxylation sites is 4. The Kier molecular flexibility index (Phi) is 13.4. The van der Waals surface area contributed by atoms with E-state index in [1.165, 1.54) is 50.8 Å². The molecule has 8 rings (SSSR count). The molecule has 0 atom stereocenters. The molecular formula is C51H52F3N5Pt.